The fraction of sp³-hybridized carbons (Fsp3) is 0.610. The molecule has 0 aliphatic heterocycles. The van der Waals surface area contributed by atoms with E-state index >= 15 is 0 Å². The van der Waals surface area contributed by atoms with Gasteiger partial charge in [0, 0.05) is 25.7 Å². The number of anilines is 2. The fourth-order valence-corrected chi connectivity index (χ4v) is 6.15. The van der Waals surface area contributed by atoms with Crippen molar-refractivity contribution in [1.82, 2.24) is 0 Å². The number of azo groups is 1. The highest BCUT2D eigenvalue weighted by Crippen LogP contribution is 2.35. The van der Waals surface area contributed by atoms with E-state index in [2.05, 4.69) is 74.1 Å². The third-order valence-electron chi connectivity index (χ3n) is 9.54. The molecule has 0 radical (unpaired) electrons. The van der Waals surface area contributed by atoms with Crippen LogP contribution < -0.4 is 10.2 Å². The number of rotatable bonds is 23. The van der Waals surface area contributed by atoms with Gasteiger partial charge in [0.15, 0.2) is 0 Å². The van der Waals surface area contributed by atoms with Crippen LogP contribution in [0.25, 0.3) is 0 Å². The van der Waals surface area contributed by atoms with E-state index in [0.717, 1.165) is 57.3 Å². The molecule has 0 aliphatic carbocycles. The van der Waals surface area contributed by atoms with Gasteiger partial charge in [-0.05, 0) is 67.3 Å². The molecule has 9 heteroatoms. The topological polar surface area (TPSA) is 131 Å². The molecule has 2 rings (SSSR count). The van der Waals surface area contributed by atoms with E-state index in [1.54, 1.807) is 0 Å². The van der Waals surface area contributed by atoms with Gasteiger partial charge in [-0.15, -0.1) is 10.2 Å². The number of nitrogens with zero attached hydrogens (tertiary/aromatic N) is 5. The maximum Gasteiger partial charge on any atom is 0.338 e. The summed E-state index contributed by atoms with van der Waals surface area (Å²) >= 11 is 0. The zero-order valence-corrected chi connectivity index (χ0v) is 31.7. The summed E-state index contributed by atoms with van der Waals surface area (Å²) in [6.07, 6.45) is 13.3. The van der Waals surface area contributed by atoms with Crippen molar-refractivity contribution in [3.05, 3.63) is 47.0 Å². The van der Waals surface area contributed by atoms with E-state index in [0.29, 0.717) is 23.2 Å². The van der Waals surface area contributed by atoms with Crippen molar-refractivity contribution in [3.8, 4) is 12.1 Å². The number of benzene rings is 2. The number of esters is 1. The molecule has 0 bridgehead atoms. The quantitative estimate of drug-likeness (QED) is 0.0915. The molecule has 0 saturated heterocycles. The molecule has 0 spiro atoms. The lowest BCUT2D eigenvalue weighted by molar-refractivity contribution is -0.114. The van der Waals surface area contributed by atoms with Gasteiger partial charge in [0.05, 0.1) is 29.0 Å². The highest BCUT2D eigenvalue weighted by atomic mass is 16.5. The molecule has 0 fully saturated rings. The third-order valence-corrected chi connectivity index (χ3v) is 9.54. The molecule has 272 valence electrons. The molecule has 1 amide bonds. The molecule has 3 unspecified atom stereocenters. The number of ether oxygens (including phenoxy) is 1. The smallest absolute Gasteiger partial charge is 0.338 e. The Morgan fingerprint density at radius 1 is 0.780 bits per heavy atom. The Kier molecular flexibility index (Phi) is 19.5. The van der Waals surface area contributed by atoms with Crippen molar-refractivity contribution in [2.45, 2.75) is 126 Å². The predicted molar refractivity (Wildman–Crippen MR) is 203 cm³/mol. The van der Waals surface area contributed by atoms with Crippen molar-refractivity contribution in [1.29, 1.82) is 10.5 Å². The largest absolute Gasteiger partial charge is 0.462 e. The van der Waals surface area contributed by atoms with Gasteiger partial charge in [0.2, 0.25) is 5.91 Å². The molecule has 0 aliphatic rings. The summed E-state index contributed by atoms with van der Waals surface area (Å²) < 4.78 is 5.57. The Labute approximate surface area is 301 Å². The van der Waals surface area contributed by atoms with Crippen LogP contribution in [0.5, 0.6) is 0 Å². The first-order valence-electron chi connectivity index (χ1n) is 18.9. The number of nitriles is 2. The number of carbonyl (C=O) groups is 2. The monoisotopic (exact) mass is 684 g/mol. The van der Waals surface area contributed by atoms with Crippen LogP contribution in [-0.2, 0) is 9.53 Å². The Bertz CT molecular complexity index is 1420. The summed E-state index contributed by atoms with van der Waals surface area (Å²) in [6.45, 7) is 16.8. The van der Waals surface area contributed by atoms with Gasteiger partial charge in [0.25, 0.3) is 0 Å². The van der Waals surface area contributed by atoms with Crippen LogP contribution in [-0.4, -0.2) is 31.6 Å². The Hall–Kier alpha value is -4.24. The van der Waals surface area contributed by atoms with Gasteiger partial charge in [-0.1, -0.05) is 99.3 Å². The van der Waals surface area contributed by atoms with E-state index in [1.165, 1.54) is 57.6 Å². The van der Waals surface area contributed by atoms with Gasteiger partial charge < -0.3 is 15.0 Å². The van der Waals surface area contributed by atoms with E-state index in [-0.39, 0.29) is 40.8 Å². The summed E-state index contributed by atoms with van der Waals surface area (Å²) in [5.41, 5.74) is 2.17. The van der Waals surface area contributed by atoms with Crippen molar-refractivity contribution in [2.75, 3.05) is 29.9 Å². The average Bonchev–Trinajstić information content (AvgIpc) is 3.12. The second-order valence-corrected chi connectivity index (χ2v) is 13.5. The van der Waals surface area contributed by atoms with Gasteiger partial charge >= 0.3 is 5.97 Å². The molecule has 50 heavy (non-hydrogen) atoms. The lowest BCUT2D eigenvalue weighted by Crippen LogP contribution is -2.34. The first-order chi connectivity index (χ1) is 24.2. The highest BCUT2D eigenvalue weighted by Gasteiger charge is 2.21. The number of carbonyl (C=O) groups excluding carboxylic acids is 2. The molecule has 9 nitrogen and oxygen atoms in total. The number of hydrogen-bond acceptors (Lipinski definition) is 8. The van der Waals surface area contributed by atoms with Gasteiger partial charge in [0.1, 0.15) is 23.5 Å². The fourth-order valence-electron chi connectivity index (χ4n) is 6.15. The normalized spacial score (nSPS) is 12.9. The Morgan fingerprint density at radius 2 is 1.30 bits per heavy atom. The molecule has 0 aromatic heterocycles. The maximum absolute atomic E-state index is 12.9. The molecule has 2 aromatic rings. The predicted octanol–water partition coefficient (Wildman–Crippen LogP) is 11.4. The van der Waals surface area contributed by atoms with Gasteiger partial charge in [-0.2, -0.15) is 10.5 Å². The van der Waals surface area contributed by atoms with Crippen molar-refractivity contribution in [2.24, 2.45) is 28.0 Å². The van der Waals surface area contributed by atoms with Crippen LogP contribution in [0.3, 0.4) is 0 Å². The summed E-state index contributed by atoms with van der Waals surface area (Å²) in [7, 11) is 0. The van der Waals surface area contributed by atoms with Gasteiger partial charge in [-0.3, -0.25) is 4.79 Å². The van der Waals surface area contributed by atoms with Crippen LogP contribution in [0, 0.1) is 40.4 Å². The standard InChI is InChI=1S/C41H60N6O3/c1-8-14-17-31(11-4)27-47(28-32(12-5)18-15-9-2)37-20-21-38(39(24-37)44-30(7)48)45-46-40-35(25-42)22-34(23-36(40)26-43)41(49)50-29-33(13-6)19-16-10-3/h20-24,31-33H,8-19,27-29H2,1-7H3,(H,44,48). The summed E-state index contributed by atoms with van der Waals surface area (Å²) in [5, 5.41) is 31.7. The highest BCUT2D eigenvalue weighted by molar-refractivity contribution is 5.93. The number of nitrogens with one attached hydrogen (secondary N) is 1. The minimum Gasteiger partial charge on any atom is -0.462 e. The van der Waals surface area contributed by atoms with Crippen LogP contribution in [0.15, 0.2) is 40.6 Å². The average molecular weight is 685 g/mol. The van der Waals surface area contributed by atoms with Crippen LogP contribution in [0.2, 0.25) is 0 Å². The number of amides is 1. The van der Waals surface area contributed by atoms with E-state index in [4.69, 9.17) is 4.74 Å². The lowest BCUT2D eigenvalue weighted by Gasteiger charge is -2.33. The summed E-state index contributed by atoms with van der Waals surface area (Å²) in [4.78, 5) is 27.7. The van der Waals surface area contributed by atoms with Crippen molar-refractivity contribution < 1.29 is 14.3 Å². The molecule has 0 saturated carbocycles. The number of unbranched alkanes of at least 4 members (excludes halogenated alkanes) is 3. The molecular formula is C41H60N6O3. The zero-order valence-electron chi connectivity index (χ0n) is 31.7. The third kappa shape index (κ3) is 13.6. The van der Waals surface area contributed by atoms with E-state index < -0.39 is 5.97 Å². The minimum absolute atomic E-state index is 0.0389. The molecule has 3 atom stereocenters. The Balaban J connectivity index is 2.49. The molecular weight excluding hydrogens is 624 g/mol. The lowest BCUT2D eigenvalue weighted by atomic mass is 9.95. The number of hydrogen-bond donors (Lipinski definition) is 1. The summed E-state index contributed by atoms with van der Waals surface area (Å²) in [5.74, 6) is 0.560. The minimum atomic E-state index is -0.579. The second-order valence-electron chi connectivity index (χ2n) is 13.5. The van der Waals surface area contributed by atoms with E-state index in [9.17, 15) is 20.1 Å². The molecule has 0 heterocycles. The van der Waals surface area contributed by atoms with Crippen molar-refractivity contribution in [3.63, 3.8) is 0 Å². The Morgan fingerprint density at radius 3 is 1.76 bits per heavy atom. The molecule has 2 aromatic carbocycles. The first-order valence-corrected chi connectivity index (χ1v) is 18.9. The van der Waals surface area contributed by atoms with Crippen LogP contribution >= 0.6 is 0 Å². The zero-order chi connectivity index (χ0) is 36.9. The van der Waals surface area contributed by atoms with Crippen LogP contribution in [0.4, 0.5) is 22.7 Å². The SMILES string of the molecule is CCCCC(CC)COC(=O)c1cc(C#N)c(N=Nc2ccc(N(CC(CC)CCCC)CC(CC)CCCC)cc2NC(C)=O)c(C#N)c1. The second kappa shape index (κ2) is 23.2. The maximum atomic E-state index is 12.9. The molecule has 1 N–H and O–H groups in total. The van der Waals surface area contributed by atoms with Crippen molar-refractivity contribution >= 4 is 34.6 Å². The van der Waals surface area contributed by atoms with E-state index in [1.807, 2.05) is 18.2 Å². The first kappa shape index (κ1) is 41.9. The van der Waals surface area contributed by atoms with Crippen LogP contribution in [0.1, 0.15) is 147 Å². The summed E-state index contributed by atoms with van der Waals surface area (Å²) in [6, 6.07) is 12.7. The van der Waals surface area contributed by atoms with Gasteiger partial charge in [-0.25, -0.2) is 4.79 Å².